The standard InChI is InChI=1S/C14H22/c1-4-5-6-7-13(3)14-10-8-12(2)9-11-14/h4-7,12,14H,1,8-11H2,2-3H3/b6-5-,13-7+. The molecule has 0 aromatic rings. The third kappa shape index (κ3) is 3.53. The molecule has 0 aliphatic heterocycles. The molecule has 14 heavy (non-hydrogen) atoms. The molecular formula is C14H22. The van der Waals surface area contributed by atoms with Crippen LogP contribution < -0.4 is 0 Å². The molecule has 0 aromatic carbocycles. The minimum Gasteiger partial charge on any atom is -0.0991 e. The van der Waals surface area contributed by atoms with Crippen LogP contribution in [0.2, 0.25) is 0 Å². The van der Waals surface area contributed by atoms with Gasteiger partial charge in [0.25, 0.3) is 0 Å². The van der Waals surface area contributed by atoms with Crippen molar-refractivity contribution in [3.8, 4) is 0 Å². The molecule has 78 valence electrons. The molecular weight excluding hydrogens is 168 g/mol. The predicted molar refractivity (Wildman–Crippen MR) is 64.2 cm³/mol. The van der Waals surface area contributed by atoms with Crippen molar-refractivity contribution >= 4 is 0 Å². The molecule has 0 heteroatoms. The third-order valence-electron chi connectivity index (χ3n) is 3.27. The summed E-state index contributed by atoms with van der Waals surface area (Å²) in [5.41, 5.74) is 1.54. The lowest BCUT2D eigenvalue weighted by atomic mass is 9.79. The number of allylic oxidation sites excluding steroid dienone is 5. The van der Waals surface area contributed by atoms with Crippen LogP contribution >= 0.6 is 0 Å². The van der Waals surface area contributed by atoms with Gasteiger partial charge in [-0.1, -0.05) is 56.2 Å². The van der Waals surface area contributed by atoms with Crippen LogP contribution in [0.15, 0.2) is 36.5 Å². The molecule has 0 heterocycles. The predicted octanol–water partition coefficient (Wildman–Crippen LogP) is 4.50. The summed E-state index contributed by atoms with van der Waals surface area (Å²) in [4.78, 5) is 0. The van der Waals surface area contributed by atoms with E-state index in [2.05, 4.69) is 32.6 Å². The summed E-state index contributed by atoms with van der Waals surface area (Å²) in [5.74, 6) is 1.78. The molecule has 0 atom stereocenters. The van der Waals surface area contributed by atoms with Crippen LogP contribution in [-0.4, -0.2) is 0 Å². The Bertz CT molecular complexity index is 224. The van der Waals surface area contributed by atoms with Crippen LogP contribution in [0.3, 0.4) is 0 Å². The highest BCUT2D eigenvalue weighted by Crippen LogP contribution is 2.32. The van der Waals surface area contributed by atoms with Crippen LogP contribution in [0.25, 0.3) is 0 Å². The quantitative estimate of drug-likeness (QED) is 0.575. The first-order valence-electron chi connectivity index (χ1n) is 5.70. The first-order chi connectivity index (χ1) is 6.74. The van der Waals surface area contributed by atoms with Gasteiger partial charge in [0.15, 0.2) is 0 Å². The molecule has 1 rings (SSSR count). The summed E-state index contributed by atoms with van der Waals surface area (Å²) in [6, 6.07) is 0. The summed E-state index contributed by atoms with van der Waals surface area (Å²) in [5, 5.41) is 0. The normalized spacial score (nSPS) is 29.4. The molecule has 0 bridgehead atoms. The summed E-state index contributed by atoms with van der Waals surface area (Å²) in [7, 11) is 0. The Morgan fingerprint density at radius 2 is 1.79 bits per heavy atom. The number of hydrogen-bond acceptors (Lipinski definition) is 0. The molecule has 0 aromatic heterocycles. The Kier molecular flexibility index (Phi) is 4.72. The first-order valence-corrected chi connectivity index (χ1v) is 5.70. The molecule has 1 aliphatic carbocycles. The van der Waals surface area contributed by atoms with Gasteiger partial charge in [-0.25, -0.2) is 0 Å². The molecule has 1 saturated carbocycles. The van der Waals surface area contributed by atoms with Crippen LogP contribution in [0.5, 0.6) is 0 Å². The zero-order chi connectivity index (χ0) is 10.4. The first kappa shape index (κ1) is 11.3. The Morgan fingerprint density at radius 1 is 1.14 bits per heavy atom. The molecule has 0 radical (unpaired) electrons. The largest absolute Gasteiger partial charge is 0.0991 e. The van der Waals surface area contributed by atoms with Gasteiger partial charge in [0, 0.05) is 0 Å². The van der Waals surface area contributed by atoms with E-state index in [0.717, 1.165) is 11.8 Å². The maximum absolute atomic E-state index is 3.66. The van der Waals surface area contributed by atoms with Gasteiger partial charge >= 0.3 is 0 Å². The molecule has 0 amide bonds. The fourth-order valence-electron chi connectivity index (χ4n) is 2.14. The monoisotopic (exact) mass is 190 g/mol. The molecule has 0 N–H and O–H groups in total. The van der Waals surface area contributed by atoms with Crippen molar-refractivity contribution in [1.82, 2.24) is 0 Å². The minimum atomic E-state index is 0.834. The topological polar surface area (TPSA) is 0 Å². The van der Waals surface area contributed by atoms with E-state index in [0.29, 0.717) is 0 Å². The van der Waals surface area contributed by atoms with Crippen LogP contribution in [-0.2, 0) is 0 Å². The minimum absolute atomic E-state index is 0.834. The molecule has 0 nitrogen and oxygen atoms in total. The van der Waals surface area contributed by atoms with E-state index in [9.17, 15) is 0 Å². The van der Waals surface area contributed by atoms with Crippen molar-refractivity contribution in [3.63, 3.8) is 0 Å². The lowest BCUT2D eigenvalue weighted by Crippen LogP contribution is -2.12. The Balaban J connectivity index is 2.44. The van der Waals surface area contributed by atoms with Crippen molar-refractivity contribution in [3.05, 3.63) is 36.5 Å². The Hall–Kier alpha value is -0.780. The van der Waals surface area contributed by atoms with E-state index < -0.39 is 0 Å². The van der Waals surface area contributed by atoms with Gasteiger partial charge in [0.1, 0.15) is 0 Å². The molecule has 0 saturated heterocycles. The van der Waals surface area contributed by atoms with E-state index >= 15 is 0 Å². The second-order valence-electron chi connectivity index (χ2n) is 4.49. The highest BCUT2D eigenvalue weighted by molar-refractivity contribution is 5.16. The van der Waals surface area contributed by atoms with Crippen molar-refractivity contribution in [1.29, 1.82) is 0 Å². The average Bonchev–Trinajstić information content (AvgIpc) is 2.19. The van der Waals surface area contributed by atoms with Gasteiger partial charge in [-0.2, -0.15) is 0 Å². The van der Waals surface area contributed by atoms with Gasteiger partial charge in [-0.05, 0) is 31.6 Å². The number of hydrogen-bond donors (Lipinski definition) is 0. The number of rotatable bonds is 3. The lowest BCUT2D eigenvalue weighted by Gasteiger charge is -2.26. The van der Waals surface area contributed by atoms with Crippen molar-refractivity contribution < 1.29 is 0 Å². The Labute approximate surface area is 88.4 Å². The SMILES string of the molecule is C=C/C=C\C=C(/C)C1CCC(C)CC1. The molecule has 1 aliphatic rings. The van der Waals surface area contributed by atoms with E-state index in [1.165, 1.54) is 31.3 Å². The summed E-state index contributed by atoms with van der Waals surface area (Å²) < 4.78 is 0. The van der Waals surface area contributed by atoms with Crippen LogP contribution in [0.4, 0.5) is 0 Å². The maximum Gasteiger partial charge on any atom is -0.0203 e. The van der Waals surface area contributed by atoms with Gasteiger partial charge in [0.2, 0.25) is 0 Å². The van der Waals surface area contributed by atoms with Gasteiger partial charge in [0.05, 0.1) is 0 Å². The van der Waals surface area contributed by atoms with Crippen LogP contribution in [0, 0.1) is 11.8 Å². The second kappa shape index (κ2) is 5.85. The van der Waals surface area contributed by atoms with Crippen molar-refractivity contribution in [2.24, 2.45) is 11.8 Å². The zero-order valence-corrected chi connectivity index (χ0v) is 9.50. The van der Waals surface area contributed by atoms with Gasteiger partial charge in [-0.15, -0.1) is 0 Å². The summed E-state index contributed by atoms with van der Waals surface area (Å²) in [6.07, 6.45) is 13.7. The van der Waals surface area contributed by atoms with Gasteiger partial charge in [-0.3, -0.25) is 0 Å². The maximum atomic E-state index is 3.66. The smallest absolute Gasteiger partial charge is 0.0203 e. The molecule has 0 unspecified atom stereocenters. The summed E-state index contributed by atoms with van der Waals surface area (Å²) >= 11 is 0. The van der Waals surface area contributed by atoms with Crippen molar-refractivity contribution in [2.45, 2.75) is 39.5 Å². The Morgan fingerprint density at radius 3 is 2.36 bits per heavy atom. The van der Waals surface area contributed by atoms with Crippen LogP contribution in [0.1, 0.15) is 39.5 Å². The average molecular weight is 190 g/mol. The third-order valence-corrected chi connectivity index (χ3v) is 3.27. The van der Waals surface area contributed by atoms with Gasteiger partial charge < -0.3 is 0 Å². The second-order valence-corrected chi connectivity index (χ2v) is 4.49. The molecule has 0 spiro atoms. The van der Waals surface area contributed by atoms with E-state index in [1.807, 2.05) is 12.2 Å². The lowest BCUT2D eigenvalue weighted by molar-refractivity contribution is 0.320. The van der Waals surface area contributed by atoms with E-state index in [-0.39, 0.29) is 0 Å². The fraction of sp³-hybridized carbons (Fsp3) is 0.571. The van der Waals surface area contributed by atoms with E-state index in [4.69, 9.17) is 0 Å². The highest BCUT2D eigenvalue weighted by atomic mass is 14.2. The summed E-state index contributed by atoms with van der Waals surface area (Å²) in [6.45, 7) is 8.29. The highest BCUT2D eigenvalue weighted by Gasteiger charge is 2.18. The van der Waals surface area contributed by atoms with Crippen molar-refractivity contribution in [2.75, 3.05) is 0 Å². The van der Waals surface area contributed by atoms with E-state index in [1.54, 1.807) is 0 Å². The zero-order valence-electron chi connectivity index (χ0n) is 9.50. The fourth-order valence-corrected chi connectivity index (χ4v) is 2.14. The molecule has 1 fully saturated rings.